The number of methoxy groups -OCH3 is 1. The van der Waals surface area contributed by atoms with Gasteiger partial charge >= 0.3 is 11.9 Å². The molecule has 0 aromatic heterocycles. The van der Waals surface area contributed by atoms with Gasteiger partial charge in [-0.15, -0.1) is 0 Å². The number of benzene rings is 1. The van der Waals surface area contributed by atoms with Crippen molar-refractivity contribution in [3.63, 3.8) is 0 Å². The number of ketones is 1. The van der Waals surface area contributed by atoms with Crippen molar-refractivity contribution in [2.45, 2.75) is 158 Å². The fourth-order valence-electron chi connectivity index (χ4n) is 14.5. The van der Waals surface area contributed by atoms with Gasteiger partial charge in [0.05, 0.1) is 30.0 Å². The number of hydrogen-bond acceptors (Lipinski definition) is 7. The first-order valence-corrected chi connectivity index (χ1v) is 22.8. The van der Waals surface area contributed by atoms with Crippen molar-refractivity contribution in [1.82, 2.24) is 10.6 Å². The maximum Gasteiger partial charge on any atom is 0.309 e. The largest absolute Gasteiger partial charge is 0.496 e. The average molecular weight is 850 g/mol. The molecule has 1 aromatic carbocycles. The summed E-state index contributed by atoms with van der Waals surface area (Å²) in [6.07, 6.45) is 7.52. The molecule has 0 spiro atoms. The lowest BCUT2D eigenvalue weighted by Crippen LogP contribution is -2.68. The predicted molar refractivity (Wildman–Crippen MR) is 230 cm³/mol. The molecule has 7 rings (SSSR count). The van der Waals surface area contributed by atoms with Gasteiger partial charge in [0, 0.05) is 16.9 Å². The molecule has 0 saturated heterocycles. The van der Waals surface area contributed by atoms with Crippen LogP contribution < -0.4 is 15.4 Å². The van der Waals surface area contributed by atoms with Crippen molar-refractivity contribution in [2.75, 3.05) is 7.11 Å². The number of ether oxygens (including phenoxy) is 2. The number of fused-ring (bicyclic) bond motifs is 7. The monoisotopic (exact) mass is 848 g/mol. The highest BCUT2D eigenvalue weighted by atomic mass is 35.5. The maximum absolute atomic E-state index is 14.5. The van der Waals surface area contributed by atoms with Gasteiger partial charge in [-0.2, -0.15) is 0 Å². The van der Waals surface area contributed by atoms with Gasteiger partial charge in [-0.25, -0.2) is 0 Å². The Bertz CT molecular complexity index is 2040. The topological polar surface area (TPSA) is 148 Å². The number of esters is 1. The van der Waals surface area contributed by atoms with E-state index >= 15 is 0 Å². The standard InChI is InChI=1S/C49H69ClN2O8/c1-26(2)37-32(53)25-49(52-42(58)45(7,8)51-39(54)28-14-13-27(50)23-33(28)59-12)22-21-47(10)29(38(37)49)15-16-35-46(9)19-18-36(44(5,6)34(46)17-20-48(35,47)11)60-41(57)31-24-30(40(55)56)43(31,3)4/h13-14,23,26,29-31,34-36H,15-22,24-25H2,1-12H3,(H,51,54)(H,52,58)(H,55,56)/t29-,30+,31-,34?,35?,36+,46+,47-,48-,49-/m1/s1. The summed E-state index contributed by atoms with van der Waals surface area (Å²) in [6.45, 7) is 23.4. The Morgan fingerprint density at radius 1 is 0.867 bits per heavy atom. The highest BCUT2D eigenvalue weighted by Crippen LogP contribution is 2.76. The summed E-state index contributed by atoms with van der Waals surface area (Å²) in [6, 6.07) is 4.76. The van der Waals surface area contributed by atoms with E-state index in [2.05, 4.69) is 59.1 Å². The third-order valence-corrected chi connectivity index (χ3v) is 18.5. The first kappa shape index (κ1) is 44.6. The molecule has 0 heterocycles. The van der Waals surface area contributed by atoms with Crippen molar-refractivity contribution in [1.29, 1.82) is 0 Å². The summed E-state index contributed by atoms with van der Waals surface area (Å²) in [7, 11) is 1.47. The molecule has 2 amide bonds. The molecule has 330 valence electrons. The van der Waals surface area contributed by atoms with Crippen LogP contribution >= 0.6 is 11.6 Å². The molecule has 2 unspecified atom stereocenters. The predicted octanol–water partition coefficient (Wildman–Crippen LogP) is 9.37. The van der Waals surface area contributed by atoms with Crippen LogP contribution in [0.4, 0.5) is 0 Å². The Hall–Kier alpha value is -3.40. The van der Waals surface area contributed by atoms with E-state index in [-0.39, 0.29) is 69.2 Å². The quantitative estimate of drug-likeness (QED) is 0.208. The first-order valence-electron chi connectivity index (χ1n) is 22.4. The van der Waals surface area contributed by atoms with E-state index in [4.69, 9.17) is 21.1 Å². The van der Waals surface area contributed by atoms with Crippen LogP contribution in [0.15, 0.2) is 29.3 Å². The zero-order chi connectivity index (χ0) is 44.3. The van der Waals surface area contributed by atoms with E-state index in [1.54, 1.807) is 32.0 Å². The summed E-state index contributed by atoms with van der Waals surface area (Å²) in [5.41, 5.74) is -0.926. The summed E-state index contributed by atoms with van der Waals surface area (Å²) in [4.78, 5) is 67.7. The number of allylic oxidation sites excluding steroid dienone is 1. The van der Waals surface area contributed by atoms with E-state index in [1.807, 2.05) is 13.8 Å². The van der Waals surface area contributed by atoms with Crippen molar-refractivity contribution in [3.05, 3.63) is 39.9 Å². The van der Waals surface area contributed by atoms with Crippen LogP contribution in [0.2, 0.25) is 5.02 Å². The minimum atomic E-state index is -1.31. The summed E-state index contributed by atoms with van der Waals surface area (Å²) in [5, 5.41) is 16.5. The lowest BCUT2D eigenvalue weighted by atomic mass is 9.33. The van der Waals surface area contributed by atoms with Gasteiger partial charge in [0.2, 0.25) is 5.91 Å². The zero-order valence-corrected chi connectivity index (χ0v) is 38.8. The molecule has 0 aliphatic heterocycles. The third-order valence-electron chi connectivity index (χ3n) is 18.2. The third kappa shape index (κ3) is 6.48. The van der Waals surface area contributed by atoms with Gasteiger partial charge in [0.1, 0.15) is 17.4 Å². The number of Topliss-reactive ketones (excluding diaryl/α,β-unsaturated/α-hetero) is 1. The lowest BCUT2D eigenvalue weighted by molar-refractivity contribution is -0.235. The number of carboxylic acid groups (broad SMARTS) is 1. The number of rotatable bonds is 9. The van der Waals surface area contributed by atoms with Crippen LogP contribution in [0.1, 0.15) is 151 Å². The minimum absolute atomic E-state index is 0.00296. The summed E-state index contributed by atoms with van der Waals surface area (Å²) >= 11 is 6.16. The van der Waals surface area contributed by atoms with E-state index < -0.39 is 40.2 Å². The van der Waals surface area contributed by atoms with Crippen LogP contribution in [0, 0.1) is 62.6 Å². The van der Waals surface area contributed by atoms with Gasteiger partial charge in [0.15, 0.2) is 5.78 Å². The van der Waals surface area contributed by atoms with Crippen LogP contribution in [0.5, 0.6) is 5.75 Å². The van der Waals surface area contributed by atoms with Gasteiger partial charge in [-0.05, 0) is 146 Å². The molecule has 0 bridgehead atoms. The van der Waals surface area contributed by atoms with Crippen LogP contribution in [0.3, 0.4) is 0 Å². The van der Waals surface area contributed by atoms with Crippen LogP contribution in [0.25, 0.3) is 0 Å². The smallest absolute Gasteiger partial charge is 0.309 e. The van der Waals surface area contributed by atoms with Crippen molar-refractivity contribution in [3.8, 4) is 5.75 Å². The Morgan fingerprint density at radius 3 is 2.17 bits per heavy atom. The Kier molecular flexibility index (Phi) is 10.9. The normalized spacial score (nSPS) is 37.7. The Labute approximate surface area is 362 Å². The van der Waals surface area contributed by atoms with Gasteiger partial charge in [-0.1, -0.05) is 73.9 Å². The number of amides is 2. The molecule has 60 heavy (non-hydrogen) atoms. The number of carboxylic acids is 1. The van der Waals surface area contributed by atoms with Crippen molar-refractivity contribution >= 4 is 41.1 Å². The van der Waals surface area contributed by atoms with Gasteiger partial charge < -0.3 is 25.2 Å². The van der Waals surface area contributed by atoms with E-state index in [0.29, 0.717) is 35.4 Å². The molecule has 1 aromatic rings. The fourth-order valence-corrected chi connectivity index (χ4v) is 14.7. The van der Waals surface area contributed by atoms with E-state index in [0.717, 1.165) is 56.1 Å². The molecule has 3 N–H and O–H groups in total. The Morgan fingerprint density at radius 2 is 1.55 bits per heavy atom. The number of hydrogen-bond donors (Lipinski definition) is 3. The number of aliphatic carboxylic acids is 1. The molecule has 5 saturated carbocycles. The number of carbonyl (C=O) groups excluding carboxylic acids is 4. The average Bonchev–Trinajstić information content (AvgIpc) is 3.43. The second kappa shape index (κ2) is 14.6. The molecule has 6 aliphatic rings. The first-order chi connectivity index (χ1) is 27.7. The van der Waals surface area contributed by atoms with E-state index in [9.17, 15) is 29.1 Å². The SMILES string of the molecule is COc1cc(Cl)ccc1C(=O)NC(C)(C)C(=O)N[C@@]12CC[C@]3(C)[C@H](CCC4[C@@]5(C)CC[C@H](OC(=O)[C@H]6C[C@@H](C(=O)O)C6(C)C)C(C)(C)C5CC[C@]43C)C1=C(C(C)C)C(=O)C2. The number of halogens is 1. The molecular formula is C49H69ClN2O8. The van der Waals surface area contributed by atoms with Gasteiger partial charge in [-0.3, -0.25) is 24.0 Å². The lowest BCUT2D eigenvalue weighted by Gasteiger charge is -2.72. The maximum atomic E-state index is 14.5. The van der Waals surface area contributed by atoms with Gasteiger partial charge in [0.25, 0.3) is 5.91 Å². The second-order valence-corrected chi connectivity index (χ2v) is 22.9. The minimum Gasteiger partial charge on any atom is -0.496 e. The molecule has 0 radical (unpaired) electrons. The number of nitrogens with one attached hydrogen (secondary N) is 2. The molecule has 11 heteroatoms. The second-order valence-electron chi connectivity index (χ2n) is 22.4. The fraction of sp³-hybridized carbons (Fsp3) is 0.735. The Balaban J connectivity index is 1.13. The molecule has 5 fully saturated rings. The van der Waals surface area contributed by atoms with Crippen LogP contribution in [-0.4, -0.2) is 58.9 Å². The highest BCUT2D eigenvalue weighted by molar-refractivity contribution is 6.30. The molecule has 10 nitrogen and oxygen atoms in total. The summed E-state index contributed by atoms with van der Waals surface area (Å²) in [5.74, 6) is -1.56. The molecule has 6 aliphatic carbocycles. The van der Waals surface area contributed by atoms with E-state index in [1.165, 1.54) is 7.11 Å². The number of carbonyl (C=O) groups is 5. The zero-order valence-electron chi connectivity index (χ0n) is 38.0. The highest BCUT2D eigenvalue weighted by Gasteiger charge is 2.71. The summed E-state index contributed by atoms with van der Waals surface area (Å²) < 4.78 is 11.8. The van der Waals surface area contributed by atoms with Crippen molar-refractivity contribution < 1.29 is 38.6 Å². The van der Waals surface area contributed by atoms with Crippen molar-refractivity contribution in [2.24, 2.45) is 62.6 Å². The molecule has 10 atom stereocenters. The molecular weight excluding hydrogens is 780 g/mol. The van der Waals surface area contributed by atoms with Crippen LogP contribution in [-0.2, 0) is 23.9 Å².